The molecule has 5 heteroatoms. The quantitative estimate of drug-likeness (QED) is 0.548. The molecular weight excluding hydrogens is 388 g/mol. The Labute approximate surface area is 177 Å². The fourth-order valence-corrected chi connectivity index (χ4v) is 4.98. The maximum atomic E-state index is 13.3. The highest BCUT2D eigenvalue weighted by Gasteiger charge is 2.34. The smallest absolute Gasteiger partial charge is 0.126 e. The van der Waals surface area contributed by atoms with Gasteiger partial charge in [-0.15, -0.1) is 24.2 Å². The molecule has 2 nitrogen and oxygen atoms in total. The third kappa shape index (κ3) is 6.64. The number of aliphatic hydroxyl groups is 1. The van der Waals surface area contributed by atoms with E-state index in [0.717, 1.165) is 25.3 Å². The first kappa shape index (κ1) is 23.5. The Balaban J connectivity index is 0.00000145. The summed E-state index contributed by atoms with van der Waals surface area (Å²) >= 11 is 1.81. The summed E-state index contributed by atoms with van der Waals surface area (Å²) < 4.78 is 26.6. The van der Waals surface area contributed by atoms with Crippen LogP contribution in [0.3, 0.4) is 0 Å². The van der Waals surface area contributed by atoms with Crippen LogP contribution in [0, 0.1) is 24.5 Å². The number of benzene rings is 1. The van der Waals surface area contributed by atoms with Crippen molar-refractivity contribution in [3.63, 3.8) is 0 Å². The zero-order valence-corrected chi connectivity index (χ0v) is 17.9. The molecule has 1 unspecified atom stereocenters. The maximum Gasteiger partial charge on any atom is 0.126 e. The molecule has 0 radical (unpaired) electrons. The second-order valence-electron chi connectivity index (χ2n) is 7.65. The predicted molar refractivity (Wildman–Crippen MR) is 117 cm³/mol. The molecule has 0 aliphatic heterocycles. The van der Waals surface area contributed by atoms with Crippen LogP contribution in [0.25, 0.3) is 0 Å². The van der Waals surface area contributed by atoms with Crippen LogP contribution in [-0.4, -0.2) is 17.8 Å². The fourth-order valence-electron chi connectivity index (χ4n) is 4.04. The van der Waals surface area contributed by atoms with E-state index in [2.05, 4.69) is 36.5 Å². The number of terminal acetylenes is 1. The lowest BCUT2D eigenvalue weighted by Crippen LogP contribution is -2.46. The van der Waals surface area contributed by atoms with Crippen LogP contribution in [-0.2, 0) is 18.4 Å². The molecule has 2 N–H and O–H groups in total. The fraction of sp³-hybridized carbons (Fsp3) is 0.500. The molecule has 2 aromatic rings. The number of thiophene rings is 1. The standard InChI is InChI=1S/C22H29F2NOS.C2H2/c1-2-21-12-17(15-27-21)22(8-4-3-5-9-22)25-14-20(26)7-6-16-10-18(23)13-19(24)11-16;1-2/h10-13,15,20,25-26H,2-9,14H2,1H3;1-2H. The molecule has 1 heterocycles. The Kier molecular flexibility index (Phi) is 9.29. The summed E-state index contributed by atoms with van der Waals surface area (Å²) in [5.41, 5.74) is 1.89. The van der Waals surface area contributed by atoms with Crippen LogP contribution in [0.15, 0.2) is 29.6 Å². The monoisotopic (exact) mass is 419 g/mol. The number of rotatable bonds is 8. The normalized spacial score (nSPS) is 16.6. The Morgan fingerprint density at radius 2 is 1.76 bits per heavy atom. The van der Waals surface area contributed by atoms with Gasteiger partial charge >= 0.3 is 0 Å². The van der Waals surface area contributed by atoms with E-state index < -0.39 is 17.7 Å². The Bertz CT molecular complexity index is 760. The molecule has 0 amide bonds. The molecule has 3 rings (SSSR count). The molecule has 0 spiro atoms. The van der Waals surface area contributed by atoms with Crippen molar-refractivity contribution >= 4 is 11.3 Å². The van der Waals surface area contributed by atoms with Crippen LogP contribution < -0.4 is 5.32 Å². The van der Waals surface area contributed by atoms with Gasteiger partial charge in [-0.1, -0.05) is 26.2 Å². The topological polar surface area (TPSA) is 32.3 Å². The van der Waals surface area contributed by atoms with E-state index in [1.54, 1.807) is 0 Å². The molecule has 0 bridgehead atoms. The largest absolute Gasteiger partial charge is 0.392 e. The maximum absolute atomic E-state index is 13.3. The summed E-state index contributed by atoms with van der Waals surface area (Å²) in [6.07, 6.45) is 15.3. The van der Waals surface area contributed by atoms with Crippen molar-refractivity contribution in [1.82, 2.24) is 5.32 Å². The van der Waals surface area contributed by atoms with Crippen molar-refractivity contribution < 1.29 is 13.9 Å². The van der Waals surface area contributed by atoms with Crippen LogP contribution in [0.5, 0.6) is 0 Å². The third-order valence-corrected chi connectivity index (χ3v) is 6.71. The molecule has 29 heavy (non-hydrogen) atoms. The Morgan fingerprint density at radius 1 is 1.10 bits per heavy atom. The molecule has 1 aromatic heterocycles. The predicted octanol–water partition coefficient (Wildman–Crippen LogP) is 5.58. The minimum atomic E-state index is -0.567. The molecule has 1 aromatic carbocycles. The highest BCUT2D eigenvalue weighted by molar-refractivity contribution is 7.10. The van der Waals surface area contributed by atoms with Crippen LogP contribution in [0.4, 0.5) is 8.78 Å². The van der Waals surface area contributed by atoms with Crippen LogP contribution in [0.2, 0.25) is 0 Å². The average molecular weight is 420 g/mol. The molecule has 1 saturated carbocycles. The van der Waals surface area contributed by atoms with Gasteiger partial charge in [0.15, 0.2) is 0 Å². The van der Waals surface area contributed by atoms with Crippen molar-refractivity contribution in [2.24, 2.45) is 0 Å². The molecule has 1 atom stereocenters. The zero-order valence-electron chi connectivity index (χ0n) is 17.1. The Hall–Kier alpha value is -1.74. The molecule has 158 valence electrons. The van der Waals surface area contributed by atoms with E-state index >= 15 is 0 Å². The van der Waals surface area contributed by atoms with Crippen molar-refractivity contribution in [2.75, 3.05) is 6.54 Å². The van der Waals surface area contributed by atoms with E-state index in [1.165, 1.54) is 41.8 Å². The molecule has 1 aliphatic carbocycles. The van der Waals surface area contributed by atoms with Crippen LogP contribution >= 0.6 is 11.3 Å². The van der Waals surface area contributed by atoms with Gasteiger partial charge in [0.25, 0.3) is 0 Å². The number of nitrogens with one attached hydrogen (secondary N) is 1. The zero-order chi connectivity index (χ0) is 21.3. The summed E-state index contributed by atoms with van der Waals surface area (Å²) in [4.78, 5) is 1.39. The summed E-state index contributed by atoms with van der Waals surface area (Å²) in [7, 11) is 0. The second kappa shape index (κ2) is 11.4. The third-order valence-electron chi connectivity index (χ3n) is 5.63. The summed E-state index contributed by atoms with van der Waals surface area (Å²) in [5, 5.41) is 16.4. The van der Waals surface area contributed by atoms with Gasteiger partial charge in [-0.3, -0.25) is 0 Å². The lowest BCUT2D eigenvalue weighted by atomic mass is 9.77. The number of hydrogen-bond acceptors (Lipinski definition) is 3. The highest BCUT2D eigenvalue weighted by Crippen LogP contribution is 2.39. The van der Waals surface area contributed by atoms with Gasteiger partial charge in [-0.05, 0) is 66.8 Å². The number of aryl methyl sites for hydroxylation is 2. The van der Waals surface area contributed by atoms with E-state index in [0.29, 0.717) is 24.9 Å². The van der Waals surface area contributed by atoms with Crippen LogP contribution in [0.1, 0.15) is 61.5 Å². The van der Waals surface area contributed by atoms with Gasteiger partial charge < -0.3 is 10.4 Å². The van der Waals surface area contributed by atoms with Crippen molar-refractivity contribution in [1.29, 1.82) is 0 Å². The lowest BCUT2D eigenvalue weighted by molar-refractivity contribution is 0.132. The highest BCUT2D eigenvalue weighted by atomic mass is 32.1. The molecular formula is C24H31F2NOS. The first-order chi connectivity index (χ1) is 14.0. The van der Waals surface area contributed by atoms with E-state index in [1.807, 2.05) is 11.3 Å². The SMILES string of the molecule is C#C.CCc1cc(C2(NCC(O)CCc3cc(F)cc(F)c3)CCCCC2)cs1. The summed E-state index contributed by atoms with van der Waals surface area (Å²) in [5.74, 6) is -1.13. The second-order valence-corrected chi connectivity index (χ2v) is 8.64. The summed E-state index contributed by atoms with van der Waals surface area (Å²) in [6, 6.07) is 5.86. The van der Waals surface area contributed by atoms with Crippen molar-refractivity contribution in [2.45, 2.75) is 69.9 Å². The lowest BCUT2D eigenvalue weighted by Gasteiger charge is -2.39. The molecule has 1 fully saturated rings. The Morgan fingerprint density at radius 3 is 2.34 bits per heavy atom. The van der Waals surface area contributed by atoms with E-state index in [9.17, 15) is 13.9 Å². The van der Waals surface area contributed by atoms with Gasteiger partial charge in [0.1, 0.15) is 11.6 Å². The molecule has 0 saturated heterocycles. The van der Waals surface area contributed by atoms with Gasteiger partial charge in [-0.2, -0.15) is 0 Å². The minimum absolute atomic E-state index is 0.0475. The first-order valence-electron chi connectivity index (χ1n) is 10.3. The summed E-state index contributed by atoms with van der Waals surface area (Å²) in [6.45, 7) is 2.67. The van der Waals surface area contributed by atoms with E-state index in [-0.39, 0.29) is 5.54 Å². The van der Waals surface area contributed by atoms with Gasteiger partial charge in [-0.25, -0.2) is 8.78 Å². The number of aliphatic hydroxyl groups excluding tert-OH is 1. The van der Waals surface area contributed by atoms with Gasteiger partial charge in [0.05, 0.1) is 6.10 Å². The minimum Gasteiger partial charge on any atom is -0.392 e. The number of hydrogen-bond donors (Lipinski definition) is 2. The van der Waals surface area contributed by atoms with Crippen molar-refractivity contribution in [3.05, 3.63) is 57.3 Å². The van der Waals surface area contributed by atoms with E-state index in [4.69, 9.17) is 0 Å². The van der Waals surface area contributed by atoms with Crippen molar-refractivity contribution in [3.8, 4) is 12.8 Å². The van der Waals surface area contributed by atoms with Gasteiger partial charge in [0.2, 0.25) is 0 Å². The van der Waals surface area contributed by atoms with Gasteiger partial charge in [0, 0.05) is 23.0 Å². The first-order valence-corrected chi connectivity index (χ1v) is 11.2. The number of halogens is 2. The molecule has 1 aliphatic rings. The average Bonchev–Trinajstić information content (AvgIpc) is 3.22.